The van der Waals surface area contributed by atoms with Gasteiger partial charge in [-0.05, 0) is 47.9 Å². The van der Waals surface area contributed by atoms with Crippen LogP contribution in [0.2, 0.25) is 0 Å². The van der Waals surface area contributed by atoms with Crippen LogP contribution in [0.25, 0.3) is 0 Å². The lowest BCUT2D eigenvalue weighted by molar-refractivity contribution is -0.605. The molecule has 2 aromatic carbocycles. The third-order valence-corrected chi connectivity index (χ3v) is 6.89. The molecule has 0 radical (unpaired) electrons. The Hall–Kier alpha value is -2.80. The van der Waals surface area contributed by atoms with Crippen LogP contribution in [0.4, 0.5) is 0 Å². The summed E-state index contributed by atoms with van der Waals surface area (Å²) < 4.78 is 0. The molecule has 2 aromatic rings. The fraction of sp³-hybridized carbons (Fsp3) is 0.520. The molecule has 0 spiro atoms. The number of piperidine rings is 1. The van der Waals surface area contributed by atoms with Gasteiger partial charge in [0, 0.05) is 9.85 Å². The maximum Gasteiger partial charge on any atom is 0.243 e. The monoisotopic (exact) mass is 439 g/mol. The molecule has 1 saturated heterocycles. The third kappa shape index (κ3) is 4.39. The van der Waals surface area contributed by atoms with Crippen LogP contribution in [0.3, 0.4) is 0 Å². The molecule has 0 amide bonds. The fourth-order valence-electron chi connectivity index (χ4n) is 4.93. The predicted octanol–water partition coefficient (Wildman–Crippen LogP) is 5.64. The van der Waals surface area contributed by atoms with Crippen molar-refractivity contribution in [3.8, 4) is 0 Å². The topological polar surface area (TPSA) is 98.3 Å². The Morgan fingerprint density at radius 2 is 1.03 bits per heavy atom. The van der Waals surface area contributed by atoms with Crippen molar-refractivity contribution in [3.63, 3.8) is 0 Å². The fourth-order valence-corrected chi connectivity index (χ4v) is 4.93. The Morgan fingerprint density at radius 3 is 1.28 bits per heavy atom. The minimum Gasteiger partial charge on any atom is -0.291 e. The molecule has 7 heteroatoms. The van der Waals surface area contributed by atoms with Crippen molar-refractivity contribution in [2.45, 2.75) is 77.5 Å². The van der Waals surface area contributed by atoms with E-state index in [-0.39, 0.29) is 9.85 Å². The quantitative estimate of drug-likeness (QED) is 0.464. The lowest BCUT2D eigenvalue weighted by atomic mass is 9.66. The van der Waals surface area contributed by atoms with Crippen molar-refractivity contribution in [1.29, 1.82) is 0 Å². The summed E-state index contributed by atoms with van der Waals surface area (Å²) >= 11 is 0. The number of benzene rings is 2. The van der Waals surface area contributed by atoms with Gasteiger partial charge in [0.25, 0.3) is 0 Å². The SMILES string of the molecule is CC(C)c1ccc([C@H]2N[C@@H](c3ccc(C(C)C)cc3)[C@@H]([N+](=O)[O-])C(C)(C)[C@@H]2[N+](=O)[O-])cc1. The molecule has 7 nitrogen and oxygen atoms in total. The van der Waals surface area contributed by atoms with Gasteiger partial charge in [-0.1, -0.05) is 76.2 Å². The summed E-state index contributed by atoms with van der Waals surface area (Å²) in [6.07, 6.45) is 0. The molecule has 0 saturated carbocycles. The highest BCUT2D eigenvalue weighted by Crippen LogP contribution is 2.47. The first-order valence-electron chi connectivity index (χ1n) is 11.2. The maximum atomic E-state index is 12.2. The van der Waals surface area contributed by atoms with Crippen molar-refractivity contribution < 1.29 is 9.85 Å². The normalized spacial score (nSPS) is 25.1. The molecule has 1 heterocycles. The summed E-state index contributed by atoms with van der Waals surface area (Å²) in [6.45, 7) is 11.7. The zero-order chi connectivity index (χ0) is 23.8. The molecule has 4 atom stereocenters. The minimum atomic E-state index is -1.18. The molecule has 1 N–H and O–H groups in total. The van der Waals surface area contributed by atoms with Crippen molar-refractivity contribution >= 4 is 0 Å². The van der Waals surface area contributed by atoms with Gasteiger partial charge in [-0.3, -0.25) is 25.5 Å². The summed E-state index contributed by atoms with van der Waals surface area (Å²) in [4.78, 5) is 23.7. The first kappa shape index (κ1) is 23.9. The molecule has 1 aliphatic rings. The van der Waals surface area contributed by atoms with E-state index >= 15 is 0 Å². The molecule has 0 aromatic heterocycles. The van der Waals surface area contributed by atoms with E-state index in [2.05, 4.69) is 33.0 Å². The smallest absolute Gasteiger partial charge is 0.243 e. The van der Waals surface area contributed by atoms with Crippen molar-refractivity contribution in [3.05, 3.63) is 91.0 Å². The summed E-state index contributed by atoms with van der Waals surface area (Å²) in [5, 5.41) is 27.7. The van der Waals surface area contributed by atoms with Gasteiger partial charge in [0.2, 0.25) is 12.1 Å². The number of nitro groups is 2. The van der Waals surface area contributed by atoms with E-state index in [1.54, 1.807) is 13.8 Å². The second-order valence-electron chi connectivity index (χ2n) is 10.0. The standard InChI is InChI=1S/C25H33N3O4/c1-15(2)17-7-11-19(12-8-17)21-23(27(29)30)25(5,6)24(28(31)32)22(26-21)20-13-9-18(10-14-20)16(3)4/h7-16,21-24,26H,1-6H3/t21-,22+,23-,24-/m1/s1. The van der Waals surface area contributed by atoms with Crippen molar-refractivity contribution in [1.82, 2.24) is 5.32 Å². The molecule has 0 aliphatic carbocycles. The number of nitrogens with zero attached hydrogens (tertiary/aromatic N) is 2. The highest BCUT2D eigenvalue weighted by Gasteiger charge is 2.62. The minimum absolute atomic E-state index is 0.345. The number of hydrogen-bond acceptors (Lipinski definition) is 5. The van der Waals surface area contributed by atoms with Crippen LogP contribution in [0, 0.1) is 25.6 Å². The van der Waals surface area contributed by atoms with Gasteiger partial charge < -0.3 is 0 Å². The number of hydrogen-bond donors (Lipinski definition) is 1. The van der Waals surface area contributed by atoms with Gasteiger partial charge in [-0.15, -0.1) is 0 Å². The summed E-state index contributed by atoms with van der Waals surface area (Å²) in [6, 6.07) is 12.0. The first-order chi connectivity index (χ1) is 14.9. The zero-order valence-electron chi connectivity index (χ0n) is 19.6. The van der Waals surface area contributed by atoms with Gasteiger partial charge in [0.15, 0.2) is 0 Å². The lowest BCUT2D eigenvalue weighted by Gasteiger charge is -2.44. The predicted molar refractivity (Wildman–Crippen MR) is 125 cm³/mol. The van der Waals surface area contributed by atoms with Gasteiger partial charge in [-0.25, -0.2) is 0 Å². The third-order valence-electron chi connectivity index (χ3n) is 6.89. The highest BCUT2D eigenvalue weighted by molar-refractivity contribution is 5.33. The van der Waals surface area contributed by atoms with Crippen LogP contribution >= 0.6 is 0 Å². The molecular formula is C25H33N3O4. The molecular weight excluding hydrogens is 406 g/mol. The first-order valence-corrected chi connectivity index (χ1v) is 11.2. The summed E-state index contributed by atoms with van der Waals surface area (Å²) in [5.41, 5.74) is 2.65. The van der Waals surface area contributed by atoms with E-state index in [4.69, 9.17) is 0 Å². The van der Waals surface area contributed by atoms with Crippen LogP contribution < -0.4 is 5.32 Å². The van der Waals surface area contributed by atoms with Crippen LogP contribution in [0.5, 0.6) is 0 Å². The molecule has 3 rings (SSSR count). The lowest BCUT2D eigenvalue weighted by Crippen LogP contribution is -2.63. The van der Waals surface area contributed by atoms with E-state index < -0.39 is 29.6 Å². The van der Waals surface area contributed by atoms with E-state index in [0.29, 0.717) is 11.8 Å². The van der Waals surface area contributed by atoms with Gasteiger partial charge in [0.05, 0.1) is 0 Å². The van der Waals surface area contributed by atoms with Gasteiger partial charge >= 0.3 is 0 Å². The Kier molecular flexibility index (Phi) is 6.69. The highest BCUT2D eigenvalue weighted by atomic mass is 16.6. The zero-order valence-corrected chi connectivity index (χ0v) is 19.6. The van der Waals surface area contributed by atoms with Gasteiger partial charge in [-0.2, -0.15) is 0 Å². The largest absolute Gasteiger partial charge is 0.291 e. The average molecular weight is 440 g/mol. The molecule has 0 bridgehead atoms. The summed E-state index contributed by atoms with van der Waals surface area (Å²) in [7, 11) is 0. The van der Waals surface area contributed by atoms with E-state index in [1.165, 1.54) is 0 Å². The Morgan fingerprint density at radius 1 is 0.719 bits per heavy atom. The molecule has 0 unspecified atom stereocenters. The summed E-state index contributed by atoms with van der Waals surface area (Å²) in [5.74, 6) is 0.689. The van der Waals surface area contributed by atoms with Crippen molar-refractivity contribution in [2.75, 3.05) is 0 Å². The second kappa shape index (κ2) is 8.98. The van der Waals surface area contributed by atoms with Crippen LogP contribution in [0.1, 0.15) is 87.7 Å². The van der Waals surface area contributed by atoms with Crippen LogP contribution in [0.15, 0.2) is 48.5 Å². The Bertz CT molecular complexity index is 890. The van der Waals surface area contributed by atoms with Crippen LogP contribution in [-0.2, 0) is 0 Å². The molecule has 172 valence electrons. The maximum absolute atomic E-state index is 12.2. The number of rotatable bonds is 6. The van der Waals surface area contributed by atoms with E-state index in [1.807, 2.05) is 48.5 Å². The molecule has 32 heavy (non-hydrogen) atoms. The molecule has 1 aliphatic heterocycles. The van der Waals surface area contributed by atoms with Crippen LogP contribution in [-0.4, -0.2) is 21.9 Å². The average Bonchev–Trinajstić information content (AvgIpc) is 2.71. The molecule has 1 fully saturated rings. The number of nitrogens with one attached hydrogen (secondary N) is 1. The Labute approximate surface area is 189 Å². The van der Waals surface area contributed by atoms with E-state index in [0.717, 1.165) is 22.3 Å². The Balaban J connectivity index is 2.10. The van der Waals surface area contributed by atoms with Crippen molar-refractivity contribution in [2.24, 2.45) is 5.41 Å². The van der Waals surface area contributed by atoms with Gasteiger partial charge in [0.1, 0.15) is 17.5 Å². The van der Waals surface area contributed by atoms with E-state index in [9.17, 15) is 20.2 Å². The second-order valence-corrected chi connectivity index (χ2v) is 10.0.